The van der Waals surface area contributed by atoms with E-state index < -0.39 is 0 Å². The summed E-state index contributed by atoms with van der Waals surface area (Å²) in [4.78, 5) is 4.01. The predicted octanol–water partition coefficient (Wildman–Crippen LogP) is 2.54. The zero-order valence-corrected chi connectivity index (χ0v) is 7.76. The highest BCUT2D eigenvalue weighted by molar-refractivity contribution is 6.30. The molecule has 0 spiro atoms. The van der Waals surface area contributed by atoms with E-state index in [0.717, 1.165) is 5.71 Å². The molecule has 0 saturated carbocycles. The van der Waals surface area contributed by atoms with E-state index in [9.17, 15) is 0 Å². The summed E-state index contributed by atoms with van der Waals surface area (Å²) >= 11 is 5.73. The van der Waals surface area contributed by atoms with Gasteiger partial charge in [-0.3, -0.25) is 5.43 Å². The minimum Gasteiger partial charge on any atom is -0.261 e. The van der Waals surface area contributed by atoms with Gasteiger partial charge in [-0.1, -0.05) is 11.6 Å². The number of nitrogens with zero attached hydrogens (tertiary/aromatic N) is 2. The number of aromatic nitrogens is 1. The summed E-state index contributed by atoms with van der Waals surface area (Å²) in [5.74, 6) is 0.656. The Morgan fingerprint density at radius 1 is 1.58 bits per heavy atom. The van der Waals surface area contributed by atoms with Crippen LogP contribution in [0.1, 0.15) is 13.8 Å². The fraction of sp³-hybridized carbons (Fsp3) is 0.250. The maximum absolute atomic E-state index is 5.73. The molecule has 1 heterocycles. The summed E-state index contributed by atoms with van der Waals surface area (Å²) in [6.07, 6.45) is 1.63. The van der Waals surface area contributed by atoms with Gasteiger partial charge in [-0.05, 0) is 19.9 Å². The van der Waals surface area contributed by atoms with Crippen LogP contribution in [0.25, 0.3) is 0 Å². The third-order valence-electron chi connectivity index (χ3n) is 1.12. The van der Waals surface area contributed by atoms with Crippen LogP contribution in [0.2, 0.25) is 5.02 Å². The van der Waals surface area contributed by atoms with E-state index in [1.54, 1.807) is 18.3 Å². The van der Waals surface area contributed by atoms with E-state index in [0.29, 0.717) is 10.8 Å². The number of pyridine rings is 1. The van der Waals surface area contributed by atoms with Crippen LogP contribution < -0.4 is 5.43 Å². The second kappa shape index (κ2) is 4.07. The number of hydrazone groups is 1. The number of nitrogens with one attached hydrogen (secondary N) is 1. The smallest absolute Gasteiger partial charge is 0.147 e. The van der Waals surface area contributed by atoms with Crippen molar-refractivity contribution < 1.29 is 0 Å². The van der Waals surface area contributed by atoms with E-state index >= 15 is 0 Å². The minimum atomic E-state index is 0.649. The number of anilines is 1. The average molecular weight is 184 g/mol. The Kier molecular flexibility index (Phi) is 3.05. The summed E-state index contributed by atoms with van der Waals surface area (Å²) in [5.41, 5.74) is 3.72. The van der Waals surface area contributed by atoms with Crippen LogP contribution in [0.15, 0.2) is 23.4 Å². The monoisotopic (exact) mass is 183 g/mol. The zero-order valence-electron chi connectivity index (χ0n) is 7.00. The Bertz CT molecular complexity index is 292. The van der Waals surface area contributed by atoms with Crippen LogP contribution in [0.5, 0.6) is 0 Å². The summed E-state index contributed by atoms with van der Waals surface area (Å²) < 4.78 is 0. The Balaban J connectivity index is 2.70. The van der Waals surface area contributed by atoms with Crippen molar-refractivity contribution in [2.45, 2.75) is 13.8 Å². The van der Waals surface area contributed by atoms with E-state index in [1.165, 1.54) is 0 Å². The van der Waals surface area contributed by atoms with Gasteiger partial charge in [0.15, 0.2) is 0 Å². The molecule has 0 atom stereocenters. The van der Waals surface area contributed by atoms with Crippen molar-refractivity contribution in [2.24, 2.45) is 5.10 Å². The molecule has 12 heavy (non-hydrogen) atoms. The average Bonchev–Trinajstić information content (AvgIpc) is 2.01. The Morgan fingerprint density at radius 3 is 2.92 bits per heavy atom. The van der Waals surface area contributed by atoms with E-state index in [-0.39, 0.29) is 0 Å². The highest BCUT2D eigenvalue weighted by Crippen LogP contribution is 2.11. The molecule has 0 radical (unpaired) electrons. The molecule has 0 aromatic carbocycles. The summed E-state index contributed by atoms with van der Waals surface area (Å²) in [6.45, 7) is 3.80. The zero-order chi connectivity index (χ0) is 8.97. The molecular weight excluding hydrogens is 174 g/mol. The first-order chi connectivity index (χ1) is 5.68. The van der Waals surface area contributed by atoms with Crippen LogP contribution >= 0.6 is 11.6 Å². The molecule has 0 fully saturated rings. The van der Waals surface area contributed by atoms with E-state index in [4.69, 9.17) is 11.6 Å². The molecule has 1 rings (SSSR count). The Labute approximate surface area is 76.5 Å². The molecule has 1 N–H and O–H groups in total. The Morgan fingerprint density at radius 2 is 2.33 bits per heavy atom. The molecule has 0 aliphatic carbocycles. The van der Waals surface area contributed by atoms with Gasteiger partial charge >= 0.3 is 0 Å². The molecule has 1 aromatic rings. The summed E-state index contributed by atoms with van der Waals surface area (Å²) in [6, 6.07) is 3.43. The third-order valence-corrected chi connectivity index (χ3v) is 1.35. The van der Waals surface area contributed by atoms with Gasteiger partial charge in [-0.2, -0.15) is 5.10 Å². The van der Waals surface area contributed by atoms with Gasteiger partial charge in [0.05, 0.1) is 0 Å². The van der Waals surface area contributed by atoms with Crippen LogP contribution in [0.4, 0.5) is 5.82 Å². The highest BCUT2D eigenvalue weighted by Gasteiger charge is 1.91. The lowest BCUT2D eigenvalue weighted by molar-refractivity contribution is 1.22. The fourth-order valence-electron chi connectivity index (χ4n) is 0.635. The third kappa shape index (κ3) is 2.88. The van der Waals surface area contributed by atoms with Crippen LogP contribution in [0.3, 0.4) is 0 Å². The van der Waals surface area contributed by atoms with Crippen LogP contribution in [0, 0.1) is 0 Å². The SMILES string of the molecule is CC(C)=NNc1cc(Cl)ccn1. The molecule has 0 aliphatic rings. The van der Waals surface area contributed by atoms with Gasteiger partial charge in [-0.15, -0.1) is 0 Å². The lowest BCUT2D eigenvalue weighted by Gasteiger charge is -1.98. The first kappa shape index (κ1) is 9.00. The predicted molar refractivity (Wildman–Crippen MR) is 51.7 cm³/mol. The fourth-order valence-corrected chi connectivity index (χ4v) is 0.795. The number of hydrogen-bond donors (Lipinski definition) is 1. The van der Waals surface area contributed by atoms with Crippen LogP contribution in [-0.4, -0.2) is 10.7 Å². The van der Waals surface area contributed by atoms with Gasteiger partial charge in [0, 0.05) is 23.0 Å². The number of rotatable bonds is 2. The molecule has 0 unspecified atom stereocenters. The van der Waals surface area contributed by atoms with Crippen molar-refractivity contribution >= 4 is 23.1 Å². The second-order valence-corrected chi connectivity index (χ2v) is 2.97. The lowest BCUT2D eigenvalue weighted by atomic mass is 10.5. The molecule has 3 nitrogen and oxygen atoms in total. The molecule has 1 aromatic heterocycles. The van der Waals surface area contributed by atoms with Gasteiger partial charge < -0.3 is 0 Å². The van der Waals surface area contributed by atoms with Crippen LogP contribution in [-0.2, 0) is 0 Å². The quantitative estimate of drug-likeness (QED) is 0.565. The standard InChI is InChI=1S/C8H10ClN3/c1-6(2)11-12-8-5-7(9)3-4-10-8/h3-5H,1-2H3,(H,10,12). The number of halogens is 1. The van der Waals surface area contributed by atoms with Gasteiger partial charge in [0.1, 0.15) is 5.82 Å². The van der Waals surface area contributed by atoms with Crippen molar-refractivity contribution in [2.75, 3.05) is 5.43 Å². The van der Waals surface area contributed by atoms with Gasteiger partial charge in [0.2, 0.25) is 0 Å². The molecule has 0 aliphatic heterocycles. The topological polar surface area (TPSA) is 37.3 Å². The van der Waals surface area contributed by atoms with Crippen molar-refractivity contribution in [1.29, 1.82) is 0 Å². The molecule has 0 amide bonds. The van der Waals surface area contributed by atoms with Gasteiger partial charge in [-0.25, -0.2) is 4.98 Å². The summed E-state index contributed by atoms with van der Waals surface area (Å²) in [7, 11) is 0. The molecule has 0 bridgehead atoms. The molecular formula is C8H10ClN3. The normalized spacial score (nSPS) is 9.25. The second-order valence-electron chi connectivity index (χ2n) is 2.53. The molecule has 64 valence electrons. The van der Waals surface area contributed by atoms with Crippen molar-refractivity contribution in [3.63, 3.8) is 0 Å². The lowest BCUT2D eigenvalue weighted by Crippen LogP contribution is -1.94. The maximum Gasteiger partial charge on any atom is 0.147 e. The molecule has 0 saturated heterocycles. The first-order valence-electron chi connectivity index (χ1n) is 3.57. The largest absolute Gasteiger partial charge is 0.261 e. The molecule has 4 heteroatoms. The maximum atomic E-state index is 5.73. The summed E-state index contributed by atoms with van der Waals surface area (Å²) in [5, 5.41) is 4.63. The van der Waals surface area contributed by atoms with Crippen molar-refractivity contribution in [3.8, 4) is 0 Å². The van der Waals surface area contributed by atoms with Crippen molar-refractivity contribution in [3.05, 3.63) is 23.4 Å². The number of hydrogen-bond acceptors (Lipinski definition) is 3. The van der Waals surface area contributed by atoms with Gasteiger partial charge in [0.25, 0.3) is 0 Å². The van der Waals surface area contributed by atoms with E-state index in [2.05, 4.69) is 15.5 Å². The first-order valence-corrected chi connectivity index (χ1v) is 3.95. The minimum absolute atomic E-state index is 0.649. The van der Waals surface area contributed by atoms with E-state index in [1.807, 2.05) is 13.8 Å². The highest BCUT2D eigenvalue weighted by atomic mass is 35.5. The Hall–Kier alpha value is -1.09. The van der Waals surface area contributed by atoms with Crippen molar-refractivity contribution in [1.82, 2.24) is 4.98 Å².